The molecule has 2 rings (SSSR count). The van der Waals surface area contributed by atoms with Gasteiger partial charge in [0.2, 0.25) is 0 Å². The maximum atomic E-state index is 3.53. The van der Waals surface area contributed by atoms with Crippen molar-refractivity contribution in [1.82, 2.24) is 5.32 Å². The molecule has 2 heteroatoms. The van der Waals surface area contributed by atoms with Crippen molar-refractivity contribution >= 4 is 15.9 Å². The van der Waals surface area contributed by atoms with E-state index in [1.807, 2.05) is 0 Å². The van der Waals surface area contributed by atoms with Crippen LogP contribution in [0.2, 0.25) is 0 Å². The van der Waals surface area contributed by atoms with Crippen LogP contribution < -0.4 is 5.32 Å². The van der Waals surface area contributed by atoms with Gasteiger partial charge in [-0.25, -0.2) is 0 Å². The van der Waals surface area contributed by atoms with E-state index in [0.29, 0.717) is 5.92 Å². The molecule has 0 spiro atoms. The van der Waals surface area contributed by atoms with E-state index >= 15 is 0 Å². The Bertz CT molecular complexity index is 430. The van der Waals surface area contributed by atoms with Crippen molar-refractivity contribution < 1.29 is 0 Å². The van der Waals surface area contributed by atoms with Crippen LogP contribution in [0.15, 0.2) is 60.7 Å². The van der Waals surface area contributed by atoms with Crippen LogP contribution in [0.3, 0.4) is 0 Å². The highest BCUT2D eigenvalue weighted by Crippen LogP contribution is 2.27. The molecule has 0 atom stereocenters. The molecular formula is C18H22BrN. The summed E-state index contributed by atoms with van der Waals surface area (Å²) in [5.74, 6) is 0.480. The van der Waals surface area contributed by atoms with Crippen LogP contribution >= 0.6 is 15.9 Å². The molecule has 0 aromatic heterocycles. The average molecular weight is 332 g/mol. The Morgan fingerprint density at radius 3 is 1.85 bits per heavy atom. The van der Waals surface area contributed by atoms with E-state index in [1.165, 1.54) is 17.5 Å². The molecule has 0 fully saturated rings. The lowest BCUT2D eigenvalue weighted by Gasteiger charge is -2.18. The lowest BCUT2D eigenvalue weighted by atomic mass is 9.88. The zero-order chi connectivity index (χ0) is 14.0. The summed E-state index contributed by atoms with van der Waals surface area (Å²) in [5.41, 5.74) is 2.81. The van der Waals surface area contributed by atoms with Crippen molar-refractivity contribution in [3.63, 3.8) is 0 Å². The zero-order valence-corrected chi connectivity index (χ0v) is 13.4. The van der Waals surface area contributed by atoms with Gasteiger partial charge in [-0.1, -0.05) is 76.6 Å². The smallest absolute Gasteiger partial charge is 0.0101 e. The Morgan fingerprint density at radius 2 is 1.35 bits per heavy atom. The Morgan fingerprint density at radius 1 is 0.800 bits per heavy atom. The number of benzene rings is 2. The van der Waals surface area contributed by atoms with Crippen molar-refractivity contribution in [3.05, 3.63) is 71.8 Å². The minimum atomic E-state index is 0.480. The number of hydrogen-bond acceptors (Lipinski definition) is 1. The van der Waals surface area contributed by atoms with Gasteiger partial charge in [0.05, 0.1) is 0 Å². The predicted octanol–water partition coefficient (Wildman–Crippen LogP) is 4.58. The van der Waals surface area contributed by atoms with Gasteiger partial charge in [-0.3, -0.25) is 0 Å². The highest BCUT2D eigenvalue weighted by Gasteiger charge is 2.12. The average Bonchev–Trinajstić information content (AvgIpc) is 2.53. The second-order valence-corrected chi connectivity index (χ2v) is 5.75. The van der Waals surface area contributed by atoms with Gasteiger partial charge in [-0.05, 0) is 37.1 Å². The van der Waals surface area contributed by atoms with Gasteiger partial charge in [-0.2, -0.15) is 0 Å². The van der Waals surface area contributed by atoms with Crippen LogP contribution in [0.5, 0.6) is 0 Å². The lowest BCUT2D eigenvalue weighted by molar-refractivity contribution is 0.608. The quantitative estimate of drug-likeness (QED) is 0.551. The molecule has 0 amide bonds. The molecule has 0 aliphatic rings. The fourth-order valence-corrected chi connectivity index (χ4v) is 2.74. The summed E-state index contributed by atoms with van der Waals surface area (Å²) in [6, 6.07) is 21.6. The fourth-order valence-electron chi connectivity index (χ4n) is 2.46. The van der Waals surface area contributed by atoms with Crippen LogP contribution in [-0.2, 0) is 0 Å². The number of hydrogen-bond donors (Lipinski definition) is 1. The topological polar surface area (TPSA) is 12.0 Å². The standard InChI is InChI=1S/C18H22BrN/c19-13-7-14-20-15-12-18(16-8-3-1-4-9-16)17-10-5-2-6-11-17/h1-6,8-11,18,20H,7,12-15H2. The van der Waals surface area contributed by atoms with Gasteiger partial charge >= 0.3 is 0 Å². The monoisotopic (exact) mass is 331 g/mol. The third-order valence-electron chi connectivity index (χ3n) is 3.50. The molecule has 0 radical (unpaired) electrons. The third-order valence-corrected chi connectivity index (χ3v) is 4.06. The van der Waals surface area contributed by atoms with Crippen molar-refractivity contribution in [2.75, 3.05) is 18.4 Å². The van der Waals surface area contributed by atoms with E-state index < -0.39 is 0 Å². The Labute approximate surface area is 130 Å². The van der Waals surface area contributed by atoms with Gasteiger partial charge in [0.15, 0.2) is 0 Å². The first-order chi connectivity index (χ1) is 9.92. The zero-order valence-electron chi connectivity index (χ0n) is 11.8. The van der Waals surface area contributed by atoms with Crippen LogP contribution in [0, 0.1) is 0 Å². The van der Waals surface area contributed by atoms with Gasteiger partial charge < -0.3 is 5.32 Å². The normalized spacial score (nSPS) is 10.9. The van der Waals surface area contributed by atoms with E-state index in [2.05, 4.69) is 81.9 Å². The highest BCUT2D eigenvalue weighted by molar-refractivity contribution is 9.09. The first kappa shape index (κ1) is 15.3. The van der Waals surface area contributed by atoms with Crippen molar-refractivity contribution in [3.8, 4) is 0 Å². The molecule has 20 heavy (non-hydrogen) atoms. The molecule has 0 bridgehead atoms. The van der Waals surface area contributed by atoms with Gasteiger partial charge in [-0.15, -0.1) is 0 Å². The summed E-state index contributed by atoms with van der Waals surface area (Å²) in [6.07, 6.45) is 2.32. The maximum absolute atomic E-state index is 3.53. The second kappa shape index (κ2) is 8.93. The van der Waals surface area contributed by atoms with Crippen LogP contribution in [-0.4, -0.2) is 18.4 Å². The summed E-state index contributed by atoms with van der Waals surface area (Å²) in [7, 11) is 0. The summed E-state index contributed by atoms with van der Waals surface area (Å²) < 4.78 is 0. The third kappa shape index (κ3) is 4.77. The summed E-state index contributed by atoms with van der Waals surface area (Å²) in [6.45, 7) is 2.14. The number of nitrogens with one attached hydrogen (secondary N) is 1. The molecule has 2 aromatic carbocycles. The Balaban J connectivity index is 2.02. The predicted molar refractivity (Wildman–Crippen MR) is 90.6 cm³/mol. The molecule has 0 aliphatic carbocycles. The van der Waals surface area contributed by atoms with Crippen LogP contribution in [0.25, 0.3) is 0 Å². The fraction of sp³-hybridized carbons (Fsp3) is 0.333. The molecule has 1 N–H and O–H groups in total. The summed E-state index contributed by atoms with van der Waals surface area (Å²) in [4.78, 5) is 0. The van der Waals surface area contributed by atoms with Gasteiger partial charge in [0, 0.05) is 11.2 Å². The summed E-state index contributed by atoms with van der Waals surface area (Å²) >= 11 is 3.46. The van der Waals surface area contributed by atoms with Crippen molar-refractivity contribution in [1.29, 1.82) is 0 Å². The first-order valence-electron chi connectivity index (χ1n) is 7.28. The molecule has 2 aromatic rings. The first-order valence-corrected chi connectivity index (χ1v) is 8.40. The molecule has 106 valence electrons. The Kier molecular flexibility index (Phi) is 6.82. The molecule has 0 unspecified atom stereocenters. The van der Waals surface area contributed by atoms with E-state index in [-0.39, 0.29) is 0 Å². The molecule has 0 saturated carbocycles. The molecule has 0 aliphatic heterocycles. The maximum Gasteiger partial charge on any atom is 0.0101 e. The van der Waals surface area contributed by atoms with Crippen LogP contribution in [0.1, 0.15) is 29.9 Å². The minimum absolute atomic E-state index is 0.480. The Hall–Kier alpha value is -1.12. The molecular weight excluding hydrogens is 310 g/mol. The number of halogens is 1. The SMILES string of the molecule is BrCCCNCCC(c1ccccc1)c1ccccc1. The van der Waals surface area contributed by atoms with E-state index in [4.69, 9.17) is 0 Å². The molecule has 1 nitrogen and oxygen atoms in total. The van der Waals surface area contributed by atoms with Gasteiger partial charge in [0.1, 0.15) is 0 Å². The van der Waals surface area contributed by atoms with E-state index in [9.17, 15) is 0 Å². The van der Waals surface area contributed by atoms with E-state index in [1.54, 1.807) is 0 Å². The largest absolute Gasteiger partial charge is 0.317 e. The highest BCUT2D eigenvalue weighted by atomic mass is 79.9. The lowest BCUT2D eigenvalue weighted by Crippen LogP contribution is -2.19. The van der Waals surface area contributed by atoms with Crippen molar-refractivity contribution in [2.45, 2.75) is 18.8 Å². The van der Waals surface area contributed by atoms with Crippen LogP contribution in [0.4, 0.5) is 0 Å². The molecule has 0 saturated heterocycles. The number of rotatable bonds is 8. The van der Waals surface area contributed by atoms with Crippen molar-refractivity contribution in [2.24, 2.45) is 0 Å². The van der Waals surface area contributed by atoms with E-state index in [0.717, 1.165) is 24.8 Å². The number of alkyl halides is 1. The molecule has 0 heterocycles. The minimum Gasteiger partial charge on any atom is -0.317 e. The second-order valence-electron chi connectivity index (χ2n) is 4.96. The summed E-state index contributed by atoms with van der Waals surface area (Å²) in [5, 5.41) is 4.60. The van der Waals surface area contributed by atoms with Gasteiger partial charge in [0.25, 0.3) is 0 Å².